The van der Waals surface area contributed by atoms with Gasteiger partial charge < -0.3 is 15.5 Å². The first-order chi connectivity index (χ1) is 15.9. The quantitative estimate of drug-likeness (QED) is 0.739. The van der Waals surface area contributed by atoms with E-state index in [-0.39, 0.29) is 18.2 Å². The van der Waals surface area contributed by atoms with Crippen LogP contribution in [-0.2, 0) is 22.4 Å². The van der Waals surface area contributed by atoms with Crippen molar-refractivity contribution < 1.29 is 14.0 Å². The Morgan fingerprint density at radius 2 is 2.00 bits per heavy atom. The molecular weight excluding hydrogens is 419 g/mol. The number of rotatable bonds is 5. The SMILES string of the molecule is CN1C(=O)Cc2ccc(-c3ccc(C[C@@H](C#N)NC(=O)C45CCC(CC4)NC5)c(F)c3)cc21. The Morgan fingerprint density at radius 1 is 1.27 bits per heavy atom. The predicted molar refractivity (Wildman–Crippen MR) is 123 cm³/mol. The molecule has 6 rings (SSSR count). The number of carbonyl (C=O) groups excluding carboxylic acids is 2. The van der Waals surface area contributed by atoms with Gasteiger partial charge in [-0.1, -0.05) is 24.3 Å². The number of hydrogen-bond donors (Lipinski definition) is 2. The highest BCUT2D eigenvalue weighted by molar-refractivity contribution is 6.01. The van der Waals surface area contributed by atoms with Crippen LogP contribution in [-0.4, -0.2) is 37.5 Å². The molecule has 2 amide bonds. The van der Waals surface area contributed by atoms with E-state index in [2.05, 4.69) is 16.7 Å². The molecule has 0 spiro atoms. The van der Waals surface area contributed by atoms with Crippen LogP contribution in [0.4, 0.5) is 10.1 Å². The van der Waals surface area contributed by atoms with E-state index < -0.39 is 17.3 Å². The van der Waals surface area contributed by atoms with Gasteiger partial charge >= 0.3 is 0 Å². The summed E-state index contributed by atoms with van der Waals surface area (Å²) in [6, 6.07) is 12.5. The fourth-order valence-electron chi connectivity index (χ4n) is 5.37. The Kier molecular flexibility index (Phi) is 5.41. The average molecular weight is 447 g/mol. The standard InChI is InChI=1S/C26H27FN4O2/c1-31-23-12-17(3-5-19(23)13-24(31)32)16-2-4-18(22(27)11-16)10-21(14-28)30-25(33)26-8-6-20(7-9-26)29-15-26/h2-5,11-12,20-21,29H,6-10,13,15H2,1H3,(H,30,33)/t20?,21-,26?/m0/s1. The summed E-state index contributed by atoms with van der Waals surface area (Å²) < 4.78 is 15.0. The topological polar surface area (TPSA) is 85.2 Å². The van der Waals surface area contributed by atoms with Crippen molar-refractivity contribution in [1.82, 2.24) is 10.6 Å². The van der Waals surface area contributed by atoms with Gasteiger partial charge in [0.2, 0.25) is 11.8 Å². The van der Waals surface area contributed by atoms with Gasteiger partial charge in [-0.25, -0.2) is 4.39 Å². The molecule has 2 N–H and O–H groups in total. The lowest BCUT2D eigenvalue weighted by atomic mass is 9.68. The first-order valence-corrected chi connectivity index (χ1v) is 11.5. The van der Waals surface area contributed by atoms with Crippen LogP contribution in [0.3, 0.4) is 0 Å². The maximum absolute atomic E-state index is 15.0. The number of piperidine rings is 2. The zero-order valence-corrected chi connectivity index (χ0v) is 18.7. The minimum absolute atomic E-state index is 0.0462. The fraction of sp³-hybridized carbons (Fsp3) is 0.423. The Bertz CT molecular complexity index is 1150. The van der Waals surface area contributed by atoms with Gasteiger partial charge in [-0.3, -0.25) is 9.59 Å². The van der Waals surface area contributed by atoms with Crippen LogP contribution in [0.25, 0.3) is 11.1 Å². The van der Waals surface area contributed by atoms with E-state index >= 15 is 0 Å². The fourth-order valence-corrected chi connectivity index (χ4v) is 5.37. The molecule has 2 bridgehead atoms. The first-order valence-electron chi connectivity index (χ1n) is 11.5. The third-order valence-corrected chi connectivity index (χ3v) is 7.59. The highest BCUT2D eigenvalue weighted by Crippen LogP contribution is 2.40. The molecule has 1 saturated carbocycles. The third kappa shape index (κ3) is 3.89. The number of carbonyl (C=O) groups is 2. The summed E-state index contributed by atoms with van der Waals surface area (Å²) in [5.41, 5.74) is 3.28. The van der Waals surface area contributed by atoms with E-state index in [0.717, 1.165) is 42.5 Å². The molecule has 0 unspecified atom stereocenters. The molecule has 2 aromatic rings. The monoisotopic (exact) mass is 446 g/mol. The molecular formula is C26H27FN4O2. The Labute approximate surface area is 192 Å². The van der Waals surface area contributed by atoms with Gasteiger partial charge in [0.1, 0.15) is 11.9 Å². The van der Waals surface area contributed by atoms with Crippen LogP contribution in [0.5, 0.6) is 0 Å². The molecule has 7 heteroatoms. The summed E-state index contributed by atoms with van der Waals surface area (Å²) in [5.74, 6) is -0.469. The second-order valence-corrected chi connectivity index (χ2v) is 9.57. The van der Waals surface area contributed by atoms with Crippen molar-refractivity contribution in [2.24, 2.45) is 5.41 Å². The molecule has 0 radical (unpaired) electrons. The highest BCUT2D eigenvalue weighted by Gasteiger charge is 2.46. The molecule has 3 heterocycles. The lowest BCUT2D eigenvalue weighted by Gasteiger charge is -2.46. The zero-order valence-electron chi connectivity index (χ0n) is 18.7. The van der Waals surface area contributed by atoms with E-state index in [0.29, 0.717) is 30.1 Å². The van der Waals surface area contributed by atoms with Gasteiger partial charge in [-0.2, -0.15) is 5.26 Å². The van der Waals surface area contributed by atoms with Gasteiger partial charge in [-0.05, 0) is 60.1 Å². The number of nitrogens with one attached hydrogen (secondary N) is 2. The van der Waals surface area contributed by atoms with Crippen molar-refractivity contribution in [3.63, 3.8) is 0 Å². The lowest BCUT2D eigenvalue weighted by Crippen LogP contribution is -2.59. The van der Waals surface area contributed by atoms with Crippen LogP contribution in [0.15, 0.2) is 36.4 Å². The van der Waals surface area contributed by atoms with Crippen molar-refractivity contribution in [2.75, 3.05) is 18.5 Å². The second kappa shape index (κ2) is 8.27. The molecule has 1 atom stereocenters. The van der Waals surface area contributed by atoms with E-state index in [1.807, 2.05) is 24.3 Å². The van der Waals surface area contributed by atoms with Gasteiger partial charge in [-0.15, -0.1) is 0 Å². The van der Waals surface area contributed by atoms with E-state index in [1.54, 1.807) is 18.0 Å². The summed E-state index contributed by atoms with van der Waals surface area (Å²) in [5, 5.41) is 15.9. The first kappa shape index (κ1) is 21.6. The number of likely N-dealkylation sites (N-methyl/N-ethyl adjacent to an activating group) is 1. The maximum Gasteiger partial charge on any atom is 0.231 e. The summed E-state index contributed by atoms with van der Waals surface area (Å²) in [6.07, 6.45) is 4.12. The van der Waals surface area contributed by atoms with E-state index in [1.165, 1.54) is 6.07 Å². The molecule has 2 aromatic carbocycles. The molecule has 3 aliphatic heterocycles. The van der Waals surface area contributed by atoms with E-state index in [4.69, 9.17) is 0 Å². The summed E-state index contributed by atoms with van der Waals surface area (Å²) >= 11 is 0. The smallest absolute Gasteiger partial charge is 0.231 e. The van der Waals surface area contributed by atoms with Crippen molar-refractivity contribution >= 4 is 17.5 Å². The molecule has 3 fully saturated rings. The summed E-state index contributed by atoms with van der Waals surface area (Å²) in [7, 11) is 1.74. The Balaban J connectivity index is 1.30. The lowest BCUT2D eigenvalue weighted by molar-refractivity contribution is -0.135. The number of anilines is 1. The maximum atomic E-state index is 15.0. The summed E-state index contributed by atoms with van der Waals surface area (Å²) in [6.45, 7) is 0.645. The summed E-state index contributed by atoms with van der Waals surface area (Å²) in [4.78, 5) is 26.5. The molecule has 2 saturated heterocycles. The molecule has 6 nitrogen and oxygen atoms in total. The minimum atomic E-state index is -0.786. The normalized spacial score (nSPS) is 24.3. The molecule has 0 aromatic heterocycles. The number of halogens is 1. The van der Waals surface area contributed by atoms with Crippen LogP contribution in [0.2, 0.25) is 0 Å². The van der Waals surface area contributed by atoms with Gasteiger partial charge in [0, 0.05) is 31.7 Å². The average Bonchev–Trinajstić information content (AvgIpc) is 3.13. The number of nitrogens with zero attached hydrogens (tertiary/aromatic N) is 2. The number of nitriles is 1. The van der Waals surface area contributed by atoms with Gasteiger partial charge in [0.15, 0.2) is 0 Å². The molecule has 1 aliphatic carbocycles. The number of benzene rings is 2. The van der Waals surface area contributed by atoms with E-state index in [9.17, 15) is 19.2 Å². The van der Waals surface area contributed by atoms with Crippen LogP contribution in [0.1, 0.15) is 36.8 Å². The highest BCUT2D eigenvalue weighted by atomic mass is 19.1. The number of hydrogen-bond acceptors (Lipinski definition) is 4. The zero-order chi connectivity index (χ0) is 23.2. The number of fused-ring (bicyclic) bond motifs is 4. The Morgan fingerprint density at radius 3 is 2.67 bits per heavy atom. The van der Waals surface area contributed by atoms with Crippen LogP contribution >= 0.6 is 0 Å². The van der Waals surface area contributed by atoms with Gasteiger partial charge in [0.05, 0.1) is 17.9 Å². The largest absolute Gasteiger partial charge is 0.340 e. The van der Waals surface area contributed by atoms with Crippen molar-refractivity contribution in [3.8, 4) is 17.2 Å². The molecule has 4 aliphatic rings. The van der Waals surface area contributed by atoms with Crippen molar-refractivity contribution in [3.05, 3.63) is 53.3 Å². The predicted octanol–water partition coefficient (Wildman–Crippen LogP) is 3.09. The van der Waals surface area contributed by atoms with Crippen LogP contribution < -0.4 is 15.5 Å². The van der Waals surface area contributed by atoms with Crippen LogP contribution in [0, 0.1) is 22.6 Å². The molecule has 170 valence electrons. The third-order valence-electron chi connectivity index (χ3n) is 7.59. The Hall–Kier alpha value is -3.24. The minimum Gasteiger partial charge on any atom is -0.340 e. The van der Waals surface area contributed by atoms with Gasteiger partial charge in [0.25, 0.3) is 0 Å². The van der Waals surface area contributed by atoms with Crippen molar-refractivity contribution in [1.29, 1.82) is 5.26 Å². The van der Waals surface area contributed by atoms with Crippen molar-refractivity contribution in [2.45, 2.75) is 50.6 Å². The number of amides is 2. The molecule has 33 heavy (non-hydrogen) atoms. The second-order valence-electron chi connectivity index (χ2n) is 9.57.